The van der Waals surface area contributed by atoms with E-state index in [9.17, 15) is 0 Å². The van der Waals surface area contributed by atoms with Crippen molar-refractivity contribution in [3.63, 3.8) is 0 Å². The summed E-state index contributed by atoms with van der Waals surface area (Å²) in [4.78, 5) is 4.80. The van der Waals surface area contributed by atoms with Crippen molar-refractivity contribution in [2.24, 2.45) is 5.16 Å². The van der Waals surface area contributed by atoms with E-state index in [0.29, 0.717) is 18.7 Å². The minimum atomic E-state index is -0.271. The zero-order valence-corrected chi connectivity index (χ0v) is 5.91. The summed E-state index contributed by atoms with van der Waals surface area (Å²) in [7, 11) is 0. The second-order valence-corrected chi connectivity index (χ2v) is 2.01. The number of hydrogen-bond donors (Lipinski definition) is 1. The third-order valence-electron chi connectivity index (χ3n) is 1.24. The Morgan fingerprint density at radius 2 is 2.70 bits per heavy atom. The summed E-state index contributed by atoms with van der Waals surface area (Å²) >= 11 is 0. The second-order valence-electron chi connectivity index (χ2n) is 2.01. The number of rotatable bonds is 3. The lowest BCUT2D eigenvalue weighted by Gasteiger charge is -2.05. The Morgan fingerprint density at radius 3 is 3.20 bits per heavy atom. The maximum Gasteiger partial charge on any atom is 0.232 e. The van der Waals surface area contributed by atoms with Gasteiger partial charge in [0.05, 0.1) is 18.7 Å². The first-order valence-corrected chi connectivity index (χ1v) is 3.30. The first kappa shape index (κ1) is 7.50. The molecule has 0 amide bonds. The second kappa shape index (κ2) is 3.53. The van der Waals surface area contributed by atoms with E-state index in [-0.39, 0.29) is 12.9 Å². The molecule has 1 N–H and O–H groups in total. The summed E-state index contributed by atoms with van der Waals surface area (Å²) in [6.45, 7) is 2.46. The van der Waals surface area contributed by atoms with Crippen LogP contribution in [-0.4, -0.2) is 30.3 Å². The molecule has 1 heterocycles. The van der Waals surface area contributed by atoms with Gasteiger partial charge < -0.3 is 14.7 Å². The van der Waals surface area contributed by atoms with Crippen molar-refractivity contribution in [1.29, 1.82) is 0 Å². The summed E-state index contributed by atoms with van der Waals surface area (Å²) in [6, 6.07) is 0. The van der Waals surface area contributed by atoms with E-state index in [0.717, 1.165) is 0 Å². The highest BCUT2D eigenvalue weighted by Crippen LogP contribution is 2.10. The van der Waals surface area contributed by atoms with E-state index in [4.69, 9.17) is 14.7 Å². The summed E-state index contributed by atoms with van der Waals surface area (Å²) in [6.07, 6.45) is 0.316. The number of aliphatic hydroxyl groups excluding tert-OH is 1. The number of nitrogens with zero attached hydrogens (tertiary/aromatic N) is 1. The van der Waals surface area contributed by atoms with E-state index in [1.54, 1.807) is 0 Å². The summed E-state index contributed by atoms with van der Waals surface area (Å²) in [5.41, 5.74) is 0.651. The minimum Gasteiger partial charge on any atom is -0.390 e. The Morgan fingerprint density at radius 1 is 1.90 bits per heavy atom. The van der Waals surface area contributed by atoms with Gasteiger partial charge in [0.15, 0.2) is 0 Å². The highest BCUT2D eigenvalue weighted by Gasteiger charge is 2.19. The molecule has 0 aromatic rings. The van der Waals surface area contributed by atoms with Gasteiger partial charge >= 0.3 is 0 Å². The van der Waals surface area contributed by atoms with Crippen LogP contribution in [0, 0.1) is 0 Å². The van der Waals surface area contributed by atoms with Crippen LogP contribution in [-0.2, 0) is 9.57 Å². The molecule has 1 aliphatic heterocycles. The van der Waals surface area contributed by atoms with Crippen LogP contribution < -0.4 is 0 Å². The SMILES string of the molecule is CCO[C@@H]1CC(CO)=NO1. The van der Waals surface area contributed by atoms with Crippen molar-refractivity contribution in [1.82, 2.24) is 0 Å². The first-order chi connectivity index (χ1) is 4.86. The maximum atomic E-state index is 8.59. The lowest BCUT2D eigenvalue weighted by Crippen LogP contribution is -2.13. The van der Waals surface area contributed by atoms with Gasteiger partial charge in [-0.1, -0.05) is 5.16 Å². The fraction of sp³-hybridized carbons (Fsp3) is 0.833. The topological polar surface area (TPSA) is 51.0 Å². The monoisotopic (exact) mass is 145 g/mol. The standard InChI is InChI=1S/C6H11NO3/c1-2-9-6-3-5(4-8)7-10-6/h6,8H,2-4H2,1H3/t6-/m0/s1. The quantitative estimate of drug-likeness (QED) is 0.613. The third kappa shape index (κ3) is 1.68. The highest BCUT2D eigenvalue weighted by atomic mass is 16.8. The molecule has 0 aromatic carbocycles. The van der Waals surface area contributed by atoms with Crippen LogP contribution in [0.2, 0.25) is 0 Å². The molecule has 0 spiro atoms. The van der Waals surface area contributed by atoms with Crippen molar-refractivity contribution in [3.8, 4) is 0 Å². The Kier molecular flexibility index (Phi) is 2.65. The van der Waals surface area contributed by atoms with Gasteiger partial charge in [0.1, 0.15) is 0 Å². The van der Waals surface area contributed by atoms with Gasteiger partial charge in [-0.15, -0.1) is 0 Å². The van der Waals surface area contributed by atoms with Crippen molar-refractivity contribution < 1.29 is 14.7 Å². The van der Waals surface area contributed by atoms with Crippen LogP contribution in [0.3, 0.4) is 0 Å². The van der Waals surface area contributed by atoms with Gasteiger partial charge in [-0.25, -0.2) is 0 Å². The molecule has 0 radical (unpaired) electrons. The molecule has 4 nitrogen and oxygen atoms in total. The van der Waals surface area contributed by atoms with Crippen LogP contribution in [0.15, 0.2) is 5.16 Å². The molecule has 0 aliphatic carbocycles. The predicted octanol–water partition coefficient (Wildman–Crippen LogP) is 0.118. The zero-order chi connectivity index (χ0) is 7.40. The van der Waals surface area contributed by atoms with Crippen molar-refractivity contribution in [2.45, 2.75) is 19.6 Å². The van der Waals surface area contributed by atoms with Crippen LogP contribution >= 0.6 is 0 Å². The van der Waals surface area contributed by atoms with Crippen LogP contribution in [0.5, 0.6) is 0 Å². The van der Waals surface area contributed by atoms with E-state index in [1.165, 1.54) is 0 Å². The molecule has 0 saturated carbocycles. The lowest BCUT2D eigenvalue weighted by atomic mass is 10.3. The predicted molar refractivity (Wildman–Crippen MR) is 35.6 cm³/mol. The third-order valence-corrected chi connectivity index (χ3v) is 1.24. The molecule has 0 unspecified atom stereocenters. The van der Waals surface area contributed by atoms with Crippen LogP contribution in [0.25, 0.3) is 0 Å². The molecule has 0 bridgehead atoms. The molecule has 1 aliphatic rings. The molecule has 0 fully saturated rings. The van der Waals surface area contributed by atoms with Gasteiger partial charge in [-0.05, 0) is 6.92 Å². The van der Waals surface area contributed by atoms with Crippen molar-refractivity contribution >= 4 is 5.71 Å². The molecule has 1 atom stereocenters. The molecule has 10 heavy (non-hydrogen) atoms. The average Bonchev–Trinajstić information content (AvgIpc) is 2.37. The number of aliphatic hydroxyl groups is 1. The van der Waals surface area contributed by atoms with E-state index >= 15 is 0 Å². The van der Waals surface area contributed by atoms with Gasteiger partial charge in [-0.2, -0.15) is 0 Å². The summed E-state index contributed by atoms with van der Waals surface area (Å²) in [5, 5.41) is 12.2. The molecule has 1 rings (SSSR count). The van der Waals surface area contributed by atoms with Crippen molar-refractivity contribution in [2.75, 3.05) is 13.2 Å². The first-order valence-electron chi connectivity index (χ1n) is 3.30. The lowest BCUT2D eigenvalue weighted by molar-refractivity contribution is -0.120. The molecule has 0 saturated heterocycles. The molecule has 0 aromatic heterocycles. The van der Waals surface area contributed by atoms with Gasteiger partial charge in [0.2, 0.25) is 6.29 Å². The number of oxime groups is 1. The molecular formula is C6H11NO3. The Labute approximate surface area is 59.4 Å². The minimum absolute atomic E-state index is 0.0381. The van der Waals surface area contributed by atoms with E-state index in [2.05, 4.69) is 5.16 Å². The maximum absolute atomic E-state index is 8.59. The fourth-order valence-electron chi connectivity index (χ4n) is 0.769. The van der Waals surface area contributed by atoms with Gasteiger partial charge in [-0.3, -0.25) is 0 Å². The van der Waals surface area contributed by atoms with Crippen LogP contribution in [0.1, 0.15) is 13.3 Å². The van der Waals surface area contributed by atoms with Gasteiger partial charge in [0, 0.05) is 6.61 Å². The molecule has 4 heteroatoms. The fourth-order valence-corrected chi connectivity index (χ4v) is 0.769. The smallest absolute Gasteiger partial charge is 0.232 e. The Hall–Kier alpha value is -0.610. The van der Waals surface area contributed by atoms with Crippen LogP contribution in [0.4, 0.5) is 0 Å². The zero-order valence-electron chi connectivity index (χ0n) is 5.91. The largest absolute Gasteiger partial charge is 0.390 e. The van der Waals surface area contributed by atoms with Crippen molar-refractivity contribution in [3.05, 3.63) is 0 Å². The normalized spacial score (nSPS) is 24.2. The number of hydrogen-bond acceptors (Lipinski definition) is 4. The van der Waals surface area contributed by atoms with E-state index < -0.39 is 0 Å². The Balaban J connectivity index is 2.22. The average molecular weight is 145 g/mol. The summed E-state index contributed by atoms with van der Waals surface area (Å²) < 4.78 is 5.09. The number of ether oxygens (including phenoxy) is 1. The molecule has 58 valence electrons. The summed E-state index contributed by atoms with van der Waals surface area (Å²) in [5.74, 6) is 0. The van der Waals surface area contributed by atoms with E-state index in [1.807, 2.05) is 6.92 Å². The molecular weight excluding hydrogens is 134 g/mol. The van der Waals surface area contributed by atoms with Gasteiger partial charge in [0.25, 0.3) is 0 Å². The highest BCUT2D eigenvalue weighted by molar-refractivity contribution is 5.86. The Bertz CT molecular complexity index is 135.